The van der Waals surface area contributed by atoms with Crippen LogP contribution in [0.4, 0.5) is 0 Å². The summed E-state index contributed by atoms with van der Waals surface area (Å²) in [4.78, 5) is 23.9. The van der Waals surface area contributed by atoms with Crippen LogP contribution in [-0.4, -0.2) is 26.2 Å². The van der Waals surface area contributed by atoms with E-state index in [1.165, 1.54) is 14.2 Å². The Hall–Kier alpha value is -2.10. The Labute approximate surface area is 112 Å². The molecule has 0 saturated heterocycles. The fourth-order valence-electron chi connectivity index (χ4n) is 2.69. The van der Waals surface area contributed by atoms with Crippen molar-refractivity contribution in [2.24, 2.45) is 0 Å². The van der Waals surface area contributed by atoms with E-state index >= 15 is 0 Å². The van der Waals surface area contributed by atoms with Crippen LogP contribution in [0.1, 0.15) is 29.5 Å². The highest BCUT2D eigenvalue weighted by molar-refractivity contribution is 6.09. The van der Waals surface area contributed by atoms with E-state index in [2.05, 4.69) is 0 Å². The summed E-state index contributed by atoms with van der Waals surface area (Å²) < 4.78 is 9.62. The highest BCUT2D eigenvalue weighted by Gasteiger charge is 2.40. The van der Waals surface area contributed by atoms with Gasteiger partial charge in [0.15, 0.2) is 0 Å². The Morgan fingerprint density at radius 3 is 2.37 bits per heavy atom. The molecule has 0 fully saturated rings. The van der Waals surface area contributed by atoms with Crippen molar-refractivity contribution in [3.05, 3.63) is 40.5 Å². The molecule has 1 aromatic carbocycles. The van der Waals surface area contributed by atoms with Gasteiger partial charge in [-0.05, 0) is 36.1 Å². The van der Waals surface area contributed by atoms with Crippen molar-refractivity contribution in [1.82, 2.24) is 0 Å². The highest BCUT2D eigenvalue weighted by atomic mass is 16.5. The summed E-state index contributed by atoms with van der Waals surface area (Å²) in [6, 6.07) is 5.68. The molecule has 1 aliphatic carbocycles. The molecule has 0 spiro atoms. The number of fused-ring (bicyclic) bond motifs is 1. The Morgan fingerprint density at radius 2 is 1.79 bits per heavy atom. The average Bonchev–Trinajstić information content (AvgIpc) is 2.71. The molecule has 0 aliphatic heterocycles. The van der Waals surface area contributed by atoms with Crippen molar-refractivity contribution in [3.63, 3.8) is 0 Å². The molecule has 4 heteroatoms. The lowest BCUT2D eigenvalue weighted by atomic mass is 9.94. The largest absolute Gasteiger partial charge is 0.468 e. The van der Waals surface area contributed by atoms with Gasteiger partial charge >= 0.3 is 11.9 Å². The van der Waals surface area contributed by atoms with Crippen LogP contribution in [0.2, 0.25) is 0 Å². The van der Waals surface area contributed by atoms with Gasteiger partial charge in [0, 0.05) is 0 Å². The Balaban J connectivity index is 2.68. The van der Waals surface area contributed by atoms with Gasteiger partial charge in [-0.25, -0.2) is 4.79 Å². The van der Waals surface area contributed by atoms with Gasteiger partial charge in [-0.2, -0.15) is 0 Å². The van der Waals surface area contributed by atoms with E-state index in [1.807, 2.05) is 32.0 Å². The van der Waals surface area contributed by atoms with E-state index < -0.39 is 17.9 Å². The van der Waals surface area contributed by atoms with Crippen molar-refractivity contribution in [2.45, 2.75) is 19.8 Å². The fourth-order valence-corrected chi connectivity index (χ4v) is 2.69. The Kier molecular flexibility index (Phi) is 3.42. The third-order valence-corrected chi connectivity index (χ3v) is 3.53. The van der Waals surface area contributed by atoms with Crippen LogP contribution in [0.5, 0.6) is 0 Å². The van der Waals surface area contributed by atoms with Crippen LogP contribution in [0.25, 0.3) is 5.57 Å². The van der Waals surface area contributed by atoms with Gasteiger partial charge in [0.1, 0.15) is 5.92 Å². The summed E-state index contributed by atoms with van der Waals surface area (Å²) in [6.45, 7) is 3.79. The molecule has 0 aromatic heterocycles. The maximum atomic E-state index is 12.0. The summed E-state index contributed by atoms with van der Waals surface area (Å²) >= 11 is 0. The monoisotopic (exact) mass is 260 g/mol. The zero-order valence-electron chi connectivity index (χ0n) is 11.4. The third-order valence-electron chi connectivity index (χ3n) is 3.53. The van der Waals surface area contributed by atoms with Gasteiger partial charge in [0.05, 0.1) is 19.8 Å². The standard InChI is InChI=1S/C15H16O4/c1-8-6-5-7-10-11(8)9(2)12(14(16)18-3)13(10)15(17)19-4/h5-7,13H,1-4H3. The van der Waals surface area contributed by atoms with Gasteiger partial charge in [-0.1, -0.05) is 18.2 Å². The number of ether oxygens (including phenoxy) is 2. The number of allylic oxidation sites excluding steroid dienone is 1. The quantitative estimate of drug-likeness (QED) is 0.765. The van der Waals surface area contributed by atoms with Crippen molar-refractivity contribution in [3.8, 4) is 0 Å². The summed E-state index contributed by atoms with van der Waals surface area (Å²) in [5, 5.41) is 0. The van der Waals surface area contributed by atoms with Gasteiger partial charge < -0.3 is 9.47 Å². The van der Waals surface area contributed by atoms with Crippen LogP contribution in [0.15, 0.2) is 23.8 Å². The third kappa shape index (κ3) is 1.93. The molecule has 0 radical (unpaired) electrons. The Morgan fingerprint density at radius 1 is 1.11 bits per heavy atom. The van der Waals surface area contributed by atoms with E-state index in [1.54, 1.807) is 0 Å². The van der Waals surface area contributed by atoms with Crippen LogP contribution in [0, 0.1) is 6.92 Å². The first-order valence-corrected chi connectivity index (χ1v) is 5.99. The number of methoxy groups -OCH3 is 2. The molecule has 1 unspecified atom stereocenters. The molecule has 1 aromatic rings. The van der Waals surface area contributed by atoms with Crippen molar-refractivity contribution < 1.29 is 19.1 Å². The van der Waals surface area contributed by atoms with Gasteiger partial charge in [0.2, 0.25) is 0 Å². The first-order valence-electron chi connectivity index (χ1n) is 5.99. The summed E-state index contributed by atoms with van der Waals surface area (Å²) in [7, 11) is 2.63. The predicted octanol–water partition coefficient (Wildman–Crippen LogP) is 2.21. The summed E-state index contributed by atoms with van der Waals surface area (Å²) in [5.74, 6) is -1.61. The molecule has 1 atom stereocenters. The second-order valence-corrected chi connectivity index (χ2v) is 4.53. The molecule has 1 aliphatic rings. The molecule has 100 valence electrons. The van der Waals surface area contributed by atoms with E-state index in [0.717, 1.165) is 22.3 Å². The van der Waals surface area contributed by atoms with Crippen molar-refractivity contribution >= 4 is 17.5 Å². The number of benzene rings is 1. The predicted molar refractivity (Wildman–Crippen MR) is 70.5 cm³/mol. The molecule has 19 heavy (non-hydrogen) atoms. The molecular weight excluding hydrogens is 244 g/mol. The molecule has 4 nitrogen and oxygen atoms in total. The van der Waals surface area contributed by atoms with E-state index in [4.69, 9.17) is 9.47 Å². The smallest absolute Gasteiger partial charge is 0.335 e. The van der Waals surface area contributed by atoms with Crippen LogP contribution < -0.4 is 0 Å². The topological polar surface area (TPSA) is 52.6 Å². The summed E-state index contributed by atoms with van der Waals surface area (Å²) in [5.41, 5.74) is 3.94. The van der Waals surface area contributed by atoms with Crippen LogP contribution in [-0.2, 0) is 19.1 Å². The number of hydrogen-bond donors (Lipinski definition) is 0. The zero-order valence-corrected chi connectivity index (χ0v) is 11.4. The lowest BCUT2D eigenvalue weighted by molar-refractivity contribution is -0.144. The maximum absolute atomic E-state index is 12.0. The SMILES string of the molecule is COC(=O)C1=C(C)c2c(C)cccc2C1C(=O)OC. The van der Waals surface area contributed by atoms with Crippen molar-refractivity contribution in [2.75, 3.05) is 14.2 Å². The van der Waals surface area contributed by atoms with E-state index in [0.29, 0.717) is 5.57 Å². The summed E-state index contributed by atoms with van der Waals surface area (Å²) in [6.07, 6.45) is 0. The van der Waals surface area contributed by atoms with Crippen LogP contribution in [0.3, 0.4) is 0 Å². The zero-order chi connectivity index (χ0) is 14.2. The Bertz CT molecular complexity index is 584. The molecule has 0 N–H and O–H groups in total. The lowest BCUT2D eigenvalue weighted by Gasteiger charge is -2.13. The second-order valence-electron chi connectivity index (χ2n) is 4.53. The van der Waals surface area contributed by atoms with E-state index in [9.17, 15) is 9.59 Å². The molecule has 0 bridgehead atoms. The number of carbonyl (C=O) groups is 2. The minimum Gasteiger partial charge on any atom is -0.468 e. The van der Waals surface area contributed by atoms with Gasteiger partial charge in [-0.15, -0.1) is 0 Å². The minimum absolute atomic E-state index is 0.374. The second kappa shape index (κ2) is 4.88. The van der Waals surface area contributed by atoms with E-state index in [-0.39, 0.29) is 0 Å². The van der Waals surface area contributed by atoms with Gasteiger partial charge in [-0.3, -0.25) is 4.79 Å². The normalized spacial score (nSPS) is 17.2. The first kappa shape index (κ1) is 13.3. The van der Waals surface area contributed by atoms with Crippen molar-refractivity contribution in [1.29, 1.82) is 0 Å². The average molecular weight is 260 g/mol. The van der Waals surface area contributed by atoms with Crippen LogP contribution >= 0.6 is 0 Å². The van der Waals surface area contributed by atoms with Gasteiger partial charge in [0.25, 0.3) is 0 Å². The molecule has 0 heterocycles. The minimum atomic E-state index is -0.688. The lowest BCUT2D eigenvalue weighted by Crippen LogP contribution is -2.20. The maximum Gasteiger partial charge on any atom is 0.335 e. The molecule has 2 rings (SSSR count). The number of esters is 2. The number of hydrogen-bond acceptors (Lipinski definition) is 4. The first-order chi connectivity index (χ1) is 9.02. The number of rotatable bonds is 2. The number of carbonyl (C=O) groups excluding carboxylic acids is 2. The fraction of sp³-hybridized carbons (Fsp3) is 0.333. The molecule has 0 amide bonds. The molecule has 0 saturated carbocycles. The number of aryl methyl sites for hydroxylation is 1. The highest BCUT2D eigenvalue weighted by Crippen LogP contribution is 2.44. The molecular formula is C15H16O4.